The molecule has 1 saturated heterocycles. The molecule has 2 amide bonds. The van der Waals surface area contributed by atoms with E-state index in [2.05, 4.69) is 19.2 Å². The second-order valence-corrected chi connectivity index (χ2v) is 7.17. The molecule has 1 aliphatic heterocycles. The van der Waals surface area contributed by atoms with E-state index in [-0.39, 0.29) is 17.2 Å². The average Bonchev–Trinajstić information content (AvgIpc) is 2.61. The van der Waals surface area contributed by atoms with Crippen LogP contribution >= 0.6 is 0 Å². The molecule has 0 spiro atoms. The third-order valence-corrected chi connectivity index (χ3v) is 4.71. The number of likely N-dealkylation sites (tertiary alicyclic amines) is 1. The first-order valence-corrected chi connectivity index (χ1v) is 8.93. The molecule has 0 saturated carbocycles. The van der Waals surface area contributed by atoms with Crippen molar-refractivity contribution in [1.29, 1.82) is 0 Å². The van der Waals surface area contributed by atoms with Crippen molar-refractivity contribution in [3.63, 3.8) is 0 Å². The van der Waals surface area contributed by atoms with Crippen LogP contribution in [0.15, 0.2) is 48.5 Å². The Hall–Kier alpha value is -2.82. The minimum Gasteiger partial charge on any atom is -0.507 e. The van der Waals surface area contributed by atoms with E-state index in [0.717, 1.165) is 19.5 Å². The average molecular weight is 352 g/mol. The quantitative estimate of drug-likeness (QED) is 0.883. The summed E-state index contributed by atoms with van der Waals surface area (Å²) >= 11 is 0. The number of phenolic OH excluding ortho intramolecular Hbond substituents is 1. The SMILES string of the molecule is CC1CC(C)CN(C(=O)c2ccccc2NC(=O)c2ccccc2O)C1. The molecule has 0 aromatic heterocycles. The summed E-state index contributed by atoms with van der Waals surface area (Å²) in [4.78, 5) is 27.4. The lowest BCUT2D eigenvalue weighted by molar-refractivity contribution is 0.0624. The summed E-state index contributed by atoms with van der Waals surface area (Å²) < 4.78 is 0. The van der Waals surface area contributed by atoms with Gasteiger partial charge in [0.15, 0.2) is 0 Å². The fourth-order valence-electron chi connectivity index (χ4n) is 3.63. The Bertz CT molecular complexity index is 808. The number of hydrogen-bond acceptors (Lipinski definition) is 3. The van der Waals surface area contributed by atoms with Crippen molar-refractivity contribution in [1.82, 2.24) is 4.90 Å². The number of carbonyl (C=O) groups excluding carboxylic acids is 2. The molecule has 0 aliphatic carbocycles. The number of rotatable bonds is 3. The number of hydrogen-bond donors (Lipinski definition) is 2. The lowest BCUT2D eigenvalue weighted by Crippen LogP contribution is -2.42. The van der Waals surface area contributed by atoms with Gasteiger partial charge in [0.05, 0.1) is 16.8 Å². The molecule has 1 heterocycles. The van der Waals surface area contributed by atoms with Gasteiger partial charge >= 0.3 is 0 Å². The van der Waals surface area contributed by atoms with Crippen molar-refractivity contribution < 1.29 is 14.7 Å². The monoisotopic (exact) mass is 352 g/mol. The Labute approximate surface area is 153 Å². The second-order valence-electron chi connectivity index (χ2n) is 7.17. The van der Waals surface area contributed by atoms with Crippen LogP contribution in [0.3, 0.4) is 0 Å². The number of benzene rings is 2. The van der Waals surface area contributed by atoms with Crippen molar-refractivity contribution in [3.05, 3.63) is 59.7 Å². The Kier molecular flexibility index (Phi) is 5.26. The lowest BCUT2D eigenvalue weighted by atomic mass is 9.91. The van der Waals surface area contributed by atoms with E-state index in [9.17, 15) is 14.7 Å². The molecule has 2 unspecified atom stereocenters. The largest absolute Gasteiger partial charge is 0.507 e. The zero-order valence-electron chi connectivity index (χ0n) is 15.1. The molecule has 2 aromatic rings. The Morgan fingerprint density at radius 1 is 0.962 bits per heavy atom. The van der Waals surface area contributed by atoms with Crippen LogP contribution in [0.1, 0.15) is 41.0 Å². The number of piperidine rings is 1. The predicted molar refractivity (Wildman–Crippen MR) is 101 cm³/mol. The van der Waals surface area contributed by atoms with E-state index in [1.54, 1.807) is 42.5 Å². The van der Waals surface area contributed by atoms with Crippen molar-refractivity contribution in [2.24, 2.45) is 11.8 Å². The van der Waals surface area contributed by atoms with Crippen LogP contribution < -0.4 is 5.32 Å². The highest BCUT2D eigenvalue weighted by Gasteiger charge is 2.27. The maximum absolute atomic E-state index is 13.0. The Morgan fingerprint density at radius 2 is 1.54 bits per heavy atom. The Morgan fingerprint density at radius 3 is 2.19 bits per heavy atom. The van der Waals surface area contributed by atoms with Gasteiger partial charge in [0.2, 0.25) is 0 Å². The van der Waals surface area contributed by atoms with Gasteiger partial charge < -0.3 is 15.3 Å². The maximum atomic E-state index is 13.0. The van der Waals surface area contributed by atoms with Gasteiger partial charge in [0, 0.05) is 13.1 Å². The molecule has 3 rings (SSSR count). The van der Waals surface area contributed by atoms with Crippen LogP contribution in [-0.4, -0.2) is 34.9 Å². The topological polar surface area (TPSA) is 69.6 Å². The molecule has 0 radical (unpaired) electrons. The van der Waals surface area contributed by atoms with Crippen molar-refractivity contribution >= 4 is 17.5 Å². The molecule has 1 fully saturated rings. The van der Waals surface area contributed by atoms with Gasteiger partial charge in [0.25, 0.3) is 11.8 Å². The van der Waals surface area contributed by atoms with Crippen LogP contribution in [0.5, 0.6) is 5.75 Å². The zero-order chi connectivity index (χ0) is 18.7. The highest BCUT2D eigenvalue weighted by atomic mass is 16.3. The molecule has 5 heteroatoms. The van der Waals surface area contributed by atoms with Crippen LogP contribution in [-0.2, 0) is 0 Å². The van der Waals surface area contributed by atoms with Crippen LogP contribution in [0, 0.1) is 11.8 Å². The molecule has 2 aromatic carbocycles. The summed E-state index contributed by atoms with van der Waals surface area (Å²) in [5.74, 6) is 0.323. The number of nitrogens with zero attached hydrogens (tertiary/aromatic N) is 1. The van der Waals surface area contributed by atoms with Gasteiger partial charge in [-0.05, 0) is 42.5 Å². The fraction of sp³-hybridized carbons (Fsp3) is 0.333. The molecule has 136 valence electrons. The van der Waals surface area contributed by atoms with Crippen molar-refractivity contribution in [2.75, 3.05) is 18.4 Å². The number of carbonyl (C=O) groups is 2. The van der Waals surface area contributed by atoms with Crippen molar-refractivity contribution in [2.45, 2.75) is 20.3 Å². The molecule has 2 N–H and O–H groups in total. The van der Waals surface area contributed by atoms with E-state index in [1.165, 1.54) is 6.07 Å². The van der Waals surface area contributed by atoms with Gasteiger partial charge in [-0.3, -0.25) is 9.59 Å². The molecule has 0 bridgehead atoms. The summed E-state index contributed by atoms with van der Waals surface area (Å²) in [5.41, 5.74) is 1.10. The van der Waals surface area contributed by atoms with Gasteiger partial charge in [-0.15, -0.1) is 0 Å². The third kappa shape index (κ3) is 3.87. The van der Waals surface area contributed by atoms with Gasteiger partial charge in [-0.1, -0.05) is 38.1 Å². The number of para-hydroxylation sites is 2. The van der Waals surface area contributed by atoms with Crippen LogP contribution in [0.2, 0.25) is 0 Å². The van der Waals surface area contributed by atoms with E-state index in [0.29, 0.717) is 23.1 Å². The molecular formula is C21H24N2O3. The highest BCUT2D eigenvalue weighted by Crippen LogP contribution is 2.26. The fourth-order valence-corrected chi connectivity index (χ4v) is 3.63. The second kappa shape index (κ2) is 7.60. The first kappa shape index (κ1) is 18.0. The molecule has 5 nitrogen and oxygen atoms in total. The third-order valence-electron chi connectivity index (χ3n) is 4.71. The number of amides is 2. The molecule has 1 aliphatic rings. The summed E-state index contributed by atoms with van der Waals surface area (Å²) in [7, 11) is 0. The number of nitrogens with one attached hydrogen (secondary N) is 1. The van der Waals surface area contributed by atoms with Crippen LogP contribution in [0.25, 0.3) is 0 Å². The summed E-state index contributed by atoms with van der Waals surface area (Å²) in [6, 6.07) is 13.4. The zero-order valence-corrected chi connectivity index (χ0v) is 15.1. The maximum Gasteiger partial charge on any atom is 0.259 e. The first-order valence-electron chi connectivity index (χ1n) is 8.93. The van der Waals surface area contributed by atoms with Crippen LogP contribution in [0.4, 0.5) is 5.69 Å². The van der Waals surface area contributed by atoms with Gasteiger partial charge in [-0.25, -0.2) is 0 Å². The standard InChI is InChI=1S/C21H24N2O3/c1-14-11-15(2)13-23(12-14)21(26)16-7-3-5-9-18(16)22-20(25)17-8-4-6-10-19(17)24/h3-10,14-15,24H,11-13H2,1-2H3,(H,22,25). The van der Waals surface area contributed by atoms with E-state index >= 15 is 0 Å². The number of aromatic hydroxyl groups is 1. The lowest BCUT2D eigenvalue weighted by Gasteiger charge is -2.35. The van der Waals surface area contributed by atoms with Gasteiger partial charge in [-0.2, -0.15) is 0 Å². The smallest absolute Gasteiger partial charge is 0.259 e. The highest BCUT2D eigenvalue weighted by molar-refractivity contribution is 6.10. The van der Waals surface area contributed by atoms with Crippen molar-refractivity contribution in [3.8, 4) is 5.75 Å². The molecular weight excluding hydrogens is 328 g/mol. The molecule has 2 atom stereocenters. The first-order chi connectivity index (χ1) is 12.5. The summed E-state index contributed by atoms with van der Waals surface area (Å²) in [6.07, 6.45) is 1.12. The summed E-state index contributed by atoms with van der Waals surface area (Å²) in [5, 5.41) is 12.6. The van der Waals surface area contributed by atoms with Gasteiger partial charge in [0.1, 0.15) is 5.75 Å². The Balaban J connectivity index is 1.83. The minimum atomic E-state index is -0.441. The predicted octanol–water partition coefficient (Wildman–Crippen LogP) is 3.76. The minimum absolute atomic E-state index is 0.0726. The number of anilines is 1. The number of phenols is 1. The van der Waals surface area contributed by atoms with E-state index in [4.69, 9.17) is 0 Å². The van der Waals surface area contributed by atoms with E-state index in [1.807, 2.05) is 4.90 Å². The molecule has 26 heavy (non-hydrogen) atoms. The normalized spacial score (nSPS) is 19.8. The van der Waals surface area contributed by atoms with E-state index < -0.39 is 5.91 Å². The summed E-state index contributed by atoms with van der Waals surface area (Å²) in [6.45, 7) is 5.76.